The molecular formula is C22H42O3PSi+. The van der Waals surface area contributed by atoms with Gasteiger partial charge < -0.3 is 14.3 Å². The van der Waals surface area contributed by atoms with Crippen LogP contribution in [0.3, 0.4) is 0 Å². The summed E-state index contributed by atoms with van der Waals surface area (Å²) < 4.78 is 12.0. The van der Waals surface area contributed by atoms with Crippen LogP contribution < -0.4 is 10.0 Å². The zero-order chi connectivity index (χ0) is 20.3. The van der Waals surface area contributed by atoms with Crippen molar-refractivity contribution in [2.45, 2.75) is 72.4 Å². The normalized spacial score (nSPS) is 12.4. The molecule has 1 aromatic carbocycles. The molecule has 5 heteroatoms. The summed E-state index contributed by atoms with van der Waals surface area (Å²) in [5.41, 5.74) is 0. The van der Waals surface area contributed by atoms with Gasteiger partial charge in [0.1, 0.15) is 17.3 Å². The molecule has 0 heterocycles. The molecule has 0 aliphatic heterocycles. The molecule has 0 aromatic heterocycles. The predicted octanol–water partition coefficient (Wildman–Crippen LogP) is 6.20. The van der Waals surface area contributed by atoms with E-state index < -0.39 is 15.6 Å². The molecule has 0 radical (unpaired) electrons. The van der Waals surface area contributed by atoms with Crippen molar-refractivity contribution in [1.29, 1.82) is 0 Å². The fourth-order valence-corrected chi connectivity index (χ4v) is 9.18. The third kappa shape index (κ3) is 7.75. The molecule has 0 fully saturated rings. The molecule has 0 amide bonds. The van der Waals surface area contributed by atoms with Gasteiger partial charge in [-0.25, -0.2) is 0 Å². The van der Waals surface area contributed by atoms with E-state index in [1.807, 2.05) is 12.1 Å². The fraction of sp³-hybridized carbons (Fsp3) is 0.727. The van der Waals surface area contributed by atoms with E-state index in [1.165, 1.54) is 62.3 Å². The van der Waals surface area contributed by atoms with Crippen LogP contribution in [0.5, 0.6) is 11.5 Å². The quantitative estimate of drug-likeness (QED) is 0.291. The Balaban J connectivity index is 3.32. The first kappa shape index (κ1) is 24.5. The molecule has 156 valence electrons. The Kier molecular flexibility index (Phi) is 11.0. The fourth-order valence-electron chi connectivity index (χ4n) is 3.39. The minimum Gasteiger partial charge on any atom is -0.508 e. The molecular weight excluding hydrogens is 371 g/mol. The van der Waals surface area contributed by atoms with E-state index in [2.05, 4.69) is 33.9 Å². The van der Waals surface area contributed by atoms with E-state index in [4.69, 9.17) is 9.16 Å². The molecule has 0 atom stereocenters. The van der Waals surface area contributed by atoms with Gasteiger partial charge in [-0.15, -0.1) is 0 Å². The lowest BCUT2D eigenvalue weighted by Crippen LogP contribution is -2.38. The number of unbranched alkanes of at least 4 members (excludes halogenated alkanes) is 3. The Morgan fingerprint density at radius 3 is 1.89 bits per heavy atom. The molecule has 0 bridgehead atoms. The number of rotatable bonds is 14. The number of phenolic OH excluding ortho intramolecular Hbond substituents is 1. The van der Waals surface area contributed by atoms with Crippen LogP contribution in [0.2, 0.25) is 13.1 Å². The number of aromatic hydroxyl groups is 1. The average Bonchev–Trinajstić information content (AvgIpc) is 2.67. The molecule has 27 heavy (non-hydrogen) atoms. The van der Waals surface area contributed by atoms with Crippen molar-refractivity contribution >= 4 is 20.9 Å². The van der Waals surface area contributed by atoms with Gasteiger partial charge in [-0.1, -0.05) is 40.0 Å². The van der Waals surface area contributed by atoms with E-state index in [0.29, 0.717) is 12.0 Å². The first-order chi connectivity index (χ1) is 12.8. The first-order valence-electron chi connectivity index (χ1n) is 10.7. The van der Waals surface area contributed by atoms with E-state index in [0.717, 1.165) is 5.75 Å². The second kappa shape index (κ2) is 12.1. The molecule has 3 nitrogen and oxygen atoms in total. The highest BCUT2D eigenvalue weighted by atomic mass is 31.2. The highest BCUT2D eigenvalue weighted by Crippen LogP contribution is 2.61. The number of ether oxygens (including phenoxy) is 1. The van der Waals surface area contributed by atoms with Crippen molar-refractivity contribution in [3.05, 3.63) is 18.2 Å². The van der Waals surface area contributed by atoms with Crippen LogP contribution in [0.1, 0.15) is 59.3 Å². The molecule has 0 spiro atoms. The molecule has 0 saturated heterocycles. The summed E-state index contributed by atoms with van der Waals surface area (Å²) in [5.74, 6) is 1.36. The maximum atomic E-state index is 10.3. The van der Waals surface area contributed by atoms with Gasteiger partial charge in [0.15, 0.2) is 5.75 Å². The van der Waals surface area contributed by atoms with E-state index in [9.17, 15) is 5.11 Å². The van der Waals surface area contributed by atoms with Crippen molar-refractivity contribution in [1.82, 2.24) is 0 Å². The van der Waals surface area contributed by atoms with Crippen LogP contribution in [0.25, 0.3) is 0 Å². The minimum atomic E-state index is -1.80. The third-order valence-electron chi connectivity index (χ3n) is 5.40. The molecule has 0 aliphatic carbocycles. The highest BCUT2D eigenvalue weighted by molar-refractivity contribution is 7.83. The zero-order valence-corrected chi connectivity index (χ0v) is 20.4. The number of phenols is 1. The lowest BCUT2D eigenvalue weighted by molar-refractivity contribution is 0.321. The molecule has 1 rings (SSSR count). The standard InChI is InChI=1S/C22H41O3PSi/c1-7-10-15-26(16-11-8-2,17-12-9-3)22-18-20(23)13-14-21(22)25-19-27(5,6)24-4/h13-14,18H,7-12,15-17,19H2,1-6H3/p+1. The summed E-state index contributed by atoms with van der Waals surface area (Å²) in [5, 5.41) is 11.6. The van der Waals surface area contributed by atoms with Gasteiger partial charge in [0, 0.05) is 13.2 Å². The Bertz CT molecular complexity index is 527. The molecule has 0 saturated carbocycles. The van der Waals surface area contributed by atoms with Crippen molar-refractivity contribution in [3.8, 4) is 11.5 Å². The van der Waals surface area contributed by atoms with Gasteiger partial charge in [0.05, 0.1) is 25.7 Å². The topological polar surface area (TPSA) is 38.7 Å². The highest BCUT2D eigenvalue weighted by Gasteiger charge is 2.41. The maximum absolute atomic E-state index is 10.3. The maximum Gasteiger partial charge on any atom is 0.224 e. The molecule has 1 aromatic rings. The predicted molar refractivity (Wildman–Crippen MR) is 124 cm³/mol. The van der Waals surface area contributed by atoms with Gasteiger partial charge in [0.25, 0.3) is 0 Å². The van der Waals surface area contributed by atoms with E-state index >= 15 is 0 Å². The van der Waals surface area contributed by atoms with Crippen LogP contribution >= 0.6 is 7.26 Å². The smallest absolute Gasteiger partial charge is 0.224 e. The van der Waals surface area contributed by atoms with E-state index in [1.54, 1.807) is 13.2 Å². The lowest BCUT2D eigenvalue weighted by atomic mass is 10.3. The van der Waals surface area contributed by atoms with Crippen molar-refractivity contribution in [2.24, 2.45) is 0 Å². The summed E-state index contributed by atoms with van der Waals surface area (Å²) in [6, 6.07) is 5.78. The summed E-state index contributed by atoms with van der Waals surface area (Å²) >= 11 is 0. The molecule has 0 unspecified atom stereocenters. The van der Waals surface area contributed by atoms with Gasteiger partial charge in [0.2, 0.25) is 8.32 Å². The van der Waals surface area contributed by atoms with Crippen molar-refractivity contribution in [2.75, 3.05) is 31.8 Å². The average molecular weight is 414 g/mol. The lowest BCUT2D eigenvalue weighted by Gasteiger charge is -2.30. The van der Waals surface area contributed by atoms with Gasteiger partial charge in [-0.2, -0.15) is 0 Å². The first-order valence-corrected chi connectivity index (χ1v) is 16.2. The summed E-state index contributed by atoms with van der Waals surface area (Å²) in [7, 11) is -1.38. The van der Waals surface area contributed by atoms with Gasteiger partial charge in [-0.3, -0.25) is 0 Å². The third-order valence-corrected chi connectivity index (χ3v) is 12.2. The van der Waals surface area contributed by atoms with Crippen molar-refractivity contribution < 1.29 is 14.3 Å². The van der Waals surface area contributed by atoms with Crippen LogP contribution in [0, 0.1) is 0 Å². The number of benzene rings is 1. The van der Waals surface area contributed by atoms with Gasteiger partial charge >= 0.3 is 0 Å². The number of hydrogen-bond acceptors (Lipinski definition) is 3. The summed E-state index contributed by atoms with van der Waals surface area (Å²) in [6.07, 6.45) is 11.9. The minimum absolute atomic E-state index is 0.370. The summed E-state index contributed by atoms with van der Waals surface area (Å²) in [6.45, 7) is 11.2. The van der Waals surface area contributed by atoms with Crippen molar-refractivity contribution in [3.63, 3.8) is 0 Å². The Hall–Kier alpha value is -0.573. The molecule has 0 aliphatic rings. The Labute approximate surface area is 169 Å². The van der Waals surface area contributed by atoms with Crippen LogP contribution in [-0.2, 0) is 4.43 Å². The van der Waals surface area contributed by atoms with Crippen LogP contribution in [0.15, 0.2) is 18.2 Å². The van der Waals surface area contributed by atoms with Gasteiger partial charge in [-0.05, 0) is 44.5 Å². The zero-order valence-electron chi connectivity index (χ0n) is 18.5. The largest absolute Gasteiger partial charge is 0.508 e. The van der Waals surface area contributed by atoms with Crippen LogP contribution in [0.4, 0.5) is 0 Å². The Morgan fingerprint density at radius 2 is 1.44 bits per heavy atom. The summed E-state index contributed by atoms with van der Waals surface area (Å²) in [4.78, 5) is 0. The second-order valence-electron chi connectivity index (χ2n) is 8.28. The Morgan fingerprint density at radius 1 is 0.926 bits per heavy atom. The number of hydrogen-bond donors (Lipinski definition) is 1. The monoisotopic (exact) mass is 413 g/mol. The van der Waals surface area contributed by atoms with Crippen LogP contribution in [-0.4, -0.2) is 45.2 Å². The SMILES string of the molecule is CCCC[P+](CCCC)(CCCC)c1cc(O)ccc1OC[Si](C)(C)OC. The molecule has 1 N–H and O–H groups in total. The van der Waals surface area contributed by atoms with E-state index in [-0.39, 0.29) is 0 Å². The second-order valence-corrected chi connectivity index (χ2v) is 16.6.